The van der Waals surface area contributed by atoms with E-state index in [1.165, 1.54) is 22.3 Å². The van der Waals surface area contributed by atoms with Crippen molar-refractivity contribution < 1.29 is 4.74 Å². The van der Waals surface area contributed by atoms with Gasteiger partial charge in [-0.2, -0.15) is 0 Å². The molecule has 0 aromatic heterocycles. The molecule has 1 atom stereocenters. The van der Waals surface area contributed by atoms with Gasteiger partial charge in [0.15, 0.2) is 0 Å². The van der Waals surface area contributed by atoms with Gasteiger partial charge in [-0.25, -0.2) is 0 Å². The predicted octanol–water partition coefficient (Wildman–Crippen LogP) is 3.62. The van der Waals surface area contributed by atoms with Gasteiger partial charge in [-0.1, -0.05) is 30.3 Å². The van der Waals surface area contributed by atoms with Crippen molar-refractivity contribution in [2.24, 2.45) is 0 Å². The van der Waals surface area contributed by atoms with Crippen molar-refractivity contribution in [3.05, 3.63) is 64.7 Å². The first kappa shape index (κ1) is 13.6. The summed E-state index contributed by atoms with van der Waals surface area (Å²) >= 11 is 0. The van der Waals surface area contributed by atoms with Crippen LogP contribution in [0.25, 0.3) is 0 Å². The molecule has 0 bridgehead atoms. The largest absolute Gasteiger partial charge is 0.497 e. The summed E-state index contributed by atoms with van der Waals surface area (Å²) in [4.78, 5) is 0. The van der Waals surface area contributed by atoms with Crippen molar-refractivity contribution >= 4 is 0 Å². The lowest BCUT2D eigenvalue weighted by Crippen LogP contribution is -2.19. The Bertz CT molecular complexity index is 543. The lowest BCUT2D eigenvalue weighted by atomic mass is 9.91. The third-order valence-corrected chi connectivity index (χ3v) is 3.55. The van der Waals surface area contributed by atoms with E-state index >= 15 is 0 Å². The lowest BCUT2D eigenvalue weighted by Gasteiger charge is -2.22. The third-order valence-electron chi connectivity index (χ3n) is 3.55. The molecule has 0 aliphatic rings. The van der Waals surface area contributed by atoms with Gasteiger partial charge in [-0.3, -0.25) is 0 Å². The molecule has 0 saturated carbocycles. The van der Waals surface area contributed by atoms with Gasteiger partial charge in [0.2, 0.25) is 0 Å². The summed E-state index contributed by atoms with van der Waals surface area (Å²) in [6, 6.07) is 14.8. The summed E-state index contributed by atoms with van der Waals surface area (Å²) in [6.07, 6.45) is 0. The molecule has 0 spiro atoms. The molecule has 0 amide bonds. The van der Waals surface area contributed by atoms with Crippen molar-refractivity contribution in [2.75, 3.05) is 14.2 Å². The first-order valence-corrected chi connectivity index (χ1v) is 6.54. The minimum Gasteiger partial charge on any atom is -0.497 e. The zero-order valence-electron chi connectivity index (χ0n) is 12.0. The zero-order chi connectivity index (χ0) is 13.8. The molecule has 0 heterocycles. The minimum absolute atomic E-state index is 0.191. The monoisotopic (exact) mass is 255 g/mol. The summed E-state index contributed by atoms with van der Waals surface area (Å²) in [5.41, 5.74) is 5.18. The highest BCUT2D eigenvalue weighted by Gasteiger charge is 2.16. The van der Waals surface area contributed by atoms with Gasteiger partial charge in [0, 0.05) is 0 Å². The maximum Gasteiger partial charge on any atom is 0.119 e. The molecule has 0 aliphatic carbocycles. The van der Waals surface area contributed by atoms with Crippen LogP contribution in [0.4, 0.5) is 0 Å². The van der Waals surface area contributed by atoms with Gasteiger partial charge in [0.1, 0.15) is 5.75 Å². The molecule has 2 nitrogen and oxygen atoms in total. The lowest BCUT2D eigenvalue weighted by molar-refractivity contribution is 0.413. The third kappa shape index (κ3) is 2.79. The number of methoxy groups -OCH3 is 1. The van der Waals surface area contributed by atoms with E-state index in [1.807, 2.05) is 19.2 Å². The topological polar surface area (TPSA) is 21.3 Å². The van der Waals surface area contributed by atoms with Crippen LogP contribution < -0.4 is 10.1 Å². The van der Waals surface area contributed by atoms with Gasteiger partial charge in [-0.15, -0.1) is 0 Å². The van der Waals surface area contributed by atoms with E-state index in [4.69, 9.17) is 4.74 Å². The first-order chi connectivity index (χ1) is 9.17. The van der Waals surface area contributed by atoms with Crippen LogP contribution in [0.5, 0.6) is 5.75 Å². The van der Waals surface area contributed by atoms with Crippen LogP contribution in [-0.4, -0.2) is 14.2 Å². The van der Waals surface area contributed by atoms with E-state index in [1.54, 1.807) is 7.11 Å². The number of rotatable bonds is 4. The molecule has 2 heteroatoms. The summed E-state index contributed by atoms with van der Waals surface area (Å²) in [6.45, 7) is 4.32. The molecule has 100 valence electrons. The van der Waals surface area contributed by atoms with Crippen molar-refractivity contribution in [1.82, 2.24) is 5.32 Å². The fraction of sp³-hybridized carbons (Fsp3) is 0.294. The highest BCUT2D eigenvalue weighted by molar-refractivity contribution is 5.43. The highest BCUT2D eigenvalue weighted by atomic mass is 16.5. The molecule has 2 rings (SSSR count). The smallest absolute Gasteiger partial charge is 0.119 e. The zero-order valence-corrected chi connectivity index (χ0v) is 12.0. The Morgan fingerprint density at radius 1 is 1.00 bits per heavy atom. The average molecular weight is 255 g/mol. The van der Waals surface area contributed by atoms with Gasteiger partial charge >= 0.3 is 0 Å². The summed E-state index contributed by atoms with van der Waals surface area (Å²) in [5, 5.41) is 3.41. The molecule has 1 unspecified atom stereocenters. The second-order valence-corrected chi connectivity index (χ2v) is 4.80. The van der Waals surface area contributed by atoms with Crippen LogP contribution in [0.15, 0.2) is 42.5 Å². The minimum atomic E-state index is 0.191. The molecule has 2 aromatic rings. The number of hydrogen-bond acceptors (Lipinski definition) is 2. The predicted molar refractivity (Wildman–Crippen MR) is 79.8 cm³/mol. The van der Waals surface area contributed by atoms with E-state index in [2.05, 4.69) is 49.5 Å². The second kappa shape index (κ2) is 5.89. The van der Waals surface area contributed by atoms with E-state index in [0.717, 1.165) is 5.75 Å². The molecular formula is C17H21NO. The Hall–Kier alpha value is -1.80. The van der Waals surface area contributed by atoms with Gasteiger partial charge in [-0.05, 0) is 55.3 Å². The Labute approximate surface area is 115 Å². The number of benzene rings is 2. The fourth-order valence-corrected chi connectivity index (χ4v) is 2.58. The highest BCUT2D eigenvalue weighted by Crippen LogP contribution is 2.29. The Kier molecular flexibility index (Phi) is 4.23. The quantitative estimate of drug-likeness (QED) is 0.901. The van der Waals surface area contributed by atoms with Crippen LogP contribution in [0.3, 0.4) is 0 Å². The van der Waals surface area contributed by atoms with E-state index in [9.17, 15) is 0 Å². The maximum atomic E-state index is 5.32. The second-order valence-electron chi connectivity index (χ2n) is 4.80. The molecule has 0 fully saturated rings. The Balaban J connectivity index is 2.50. The van der Waals surface area contributed by atoms with Gasteiger partial charge < -0.3 is 10.1 Å². The van der Waals surface area contributed by atoms with Crippen molar-refractivity contribution in [1.29, 1.82) is 0 Å². The summed E-state index contributed by atoms with van der Waals surface area (Å²) in [5.74, 6) is 0.893. The van der Waals surface area contributed by atoms with Crippen LogP contribution >= 0.6 is 0 Å². The number of ether oxygens (including phenoxy) is 1. The molecule has 2 aromatic carbocycles. The summed E-state index contributed by atoms with van der Waals surface area (Å²) < 4.78 is 5.32. The van der Waals surface area contributed by atoms with Crippen molar-refractivity contribution in [3.8, 4) is 5.75 Å². The van der Waals surface area contributed by atoms with E-state index < -0.39 is 0 Å². The molecule has 19 heavy (non-hydrogen) atoms. The van der Waals surface area contributed by atoms with Crippen molar-refractivity contribution in [2.45, 2.75) is 19.9 Å². The van der Waals surface area contributed by atoms with Crippen molar-refractivity contribution in [3.63, 3.8) is 0 Å². The van der Waals surface area contributed by atoms with E-state index in [-0.39, 0.29) is 6.04 Å². The van der Waals surface area contributed by atoms with Crippen LogP contribution in [-0.2, 0) is 0 Å². The normalized spacial score (nSPS) is 12.2. The van der Waals surface area contributed by atoms with Crippen LogP contribution in [0.1, 0.15) is 28.3 Å². The summed E-state index contributed by atoms with van der Waals surface area (Å²) in [7, 11) is 3.70. The van der Waals surface area contributed by atoms with Gasteiger partial charge in [0.05, 0.1) is 13.2 Å². The van der Waals surface area contributed by atoms with Crippen LogP contribution in [0, 0.1) is 13.8 Å². The molecule has 0 radical (unpaired) electrons. The first-order valence-electron chi connectivity index (χ1n) is 6.54. The molecule has 1 N–H and O–H groups in total. The maximum absolute atomic E-state index is 5.32. The van der Waals surface area contributed by atoms with E-state index in [0.29, 0.717) is 0 Å². The number of hydrogen-bond donors (Lipinski definition) is 1. The molecule has 0 aliphatic heterocycles. The molecular weight excluding hydrogens is 234 g/mol. The number of nitrogens with one attached hydrogen (secondary N) is 1. The SMILES string of the molecule is CNC(c1cccc(OC)c1)c1c(C)cccc1C. The average Bonchev–Trinajstić information content (AvgIpc) is 2.43. The van der Waals surface area contributed by atoms with Gasteiger partial charge in [0.25, 0.3) is 0 Å². The van der Waals surface area contributed by atoms with Crippen LogP contribution in [0.2, 0.25) is 0 Å². The Morgan fingerprint density at radius 3 is 2.21 bits per heavy atom. The molecule has 0 saturated heterocycles. The number of aryl methyl sites for hydroxylation is 2. The Morgan fingerprint density at radius 2 is 1.63 bits per heavy atom. The standard InChI is InChI=1S/C17H21NO/c1-12-7-5-8-13(2)16(12)17(18-3)14-9-6-10-15(11-14)19-4/h5-11,17-18H,1-4H3. The fourth-order valence-electron chi connectivity index (χ4n) is 2.58.